The second-order valence-corrected chi connectivity index (χ2v) is 9.61. The maximum Gasteiger partial charge on any atom is 0.267 e. The van der Waals surface area contributed by atoms with Crippen molar-refractivity contribution in [1.29, 1.82) is 0 Å². The zero-order chi connectivity index (χ0) is 23.6. The molecule has 1 amide bonds. The van der Waals surface area contributed by atoms with Crippen LogP contribution in [-0.4, -0.2) is 41.9 Å². The van der Waals surface area contributed by atoms with E-state index in [9.17, 15) is 18.0 Å². The summed E-state index contributed by atoms with van der Waals surface area (Å²) in [5, 5.41) is 5.98. The van der Waals surface area contributed by atoms with E-state index >= 15 is 0 Å². The largest absolute Gasteiger partial charge is 0.356 e. The third-order valence-electron chi connectivity index (χ3n) is 5.23. The maximum atomic E-state index is 13.1. The van der Waals surface area contributed by atoms with Crippen LogP contribution in [0.5, 0.6) is 0 Å². The molecule has 3 aromatic rings. The zero-order valence-corrected chi connectivity index (χ0v) is 19.0. The van der Waals surface area contributed by atoms with E-state index in [2.05, 4.69) is 20.6 Å². The lowest BCUT2D eigenvalue weighted by atomic mass is 9.93. The molecule has 10 heteroatoms. The Balaban J connectivity index is 1.79. The van der Waals surface area contributed by atoms with Gasteiger partial charge in [-0.15, -0.1) is 0 Å². The predicted molar refractivity (Wildman–Crippen MR) is 125 cm³/mol. The lowest BCUT2D eigenvalue weighted by Gasteiger charge is -2.21. The number of amides is 1. The molecule has 1 unspecified atom stereocenters. The van der Waals surface area contributed by atoms with Gasteiger partial charge in [-0.1, -0.05) is 18.2 Å². The Morgan fingerprint density at radius 2 is 1.97 bits per heavy atom. The number of para-hydroxylation sites is 1. The third-order valence-corrected chi connectivity index (χ3v) is 6.51. The summed E-state index contributed by atoms with van der Waals surface area (Å²) in [5.74, 6) is -0.255. The molecule has 0 aliphatic heterocycles. The van der Waals surface area contributed by atoms with Crippen molar-refractivity contribution < 1.29 is 22.2 Å². The number of rotatable bonds is 7. The van der Waals surface area contributed by atoms with Crippen LogP contribution in [0.15, 0.2) is 48.7 Å². The van der Waals surface area contributed by atoms with Gasteiger partial charge in [-0.2, -0.15) is 8.42 Å². The second-order valence-electron chi connectivity index (χ2n) is 7.73. The first-order chi connectivity index (χ1) is 15.8. The number of aromatic amines is 1. The standard InChI is InChI=1S/C23H24N4O5S/c1-3-33(30,31)32-17-12-18-21(19(29)13-17)23(26-16-7-5-4-6-8-16)22(27-18)15-9-10-24-20(11-15)25-14(2)28/h4-11,17,26-27H,3,12-13H2,1-2H3,(H,24,25,28). The van der Waals surface area contributed by atoms with Gasteiger partial charge in [0.15, 0.2) is 5.78 Å². The molecule has 1 aromatic carbocycles. The van der Waals surface area contributed by atoms with Gasteiger partial charge in [0.2, 0.25) is 5.91 Å². The summed E-state index contributed by atoms with van der Waals surface area (Å²) in [5.41, 5.74) is 3.77. The Bertz CT molecular complexity index is 1300. The Kier molecular flexibility index (Phi) is 6.30. The van der Waals surface area contributed by atoms with E-state index < -0.39 is 16.2 Å². The summed E-state index contributed by atoms with van der Waals surface area (Å²) < 4.78 is 29.1. The molecule has 2 heterocycles. The molecule has 1 atom stereocenters. The highest BCUT2D eigenvalue weighted by molar-refractivity contribution is 7.86. The van der Waals surface area contributed by atoms with Gasteiger partial charge in [-0.05, 0) is 31.2 Å². The summed E-state index contributed by atoms with van der Waals surface area (Å²) in [6.45, 7) is 2.89. The number of fused-ring (bicyclic) bond motifs is 1. The van der Waals surface area contributed by atoms with Crippen molar-refractivity contribution in [2.45, 2.75) is 32.8 Å². The van der Waals surface area contributed by atoms with Gasteiger partial charge in [0.1, 0.15) is 5.82 Å². The highest BCUT2D eigenvalue weighted by Crippen LogP contribution is 2.39. The van der Waals surface area contributed by atoms with Crippen LogP contribution in [0.1, 0.15) is 36.3 Å². The van der Waals surface area contributed by atoms with Crippen molar-refractivity contribution in [3.63, 3.8) is 0 Å². The molecule has 2 aromatic heterocycles. The molecule has 1 aliphatic rings. The number of hydrogen-bond donors (Lipinski definition) is 3. The van der Waals surface area contributed by atoms with Gasteiger partial charge >= 0.3 is 0 Å². The van der Waals surface area contributed by atoms with E-state index in [0.717, 1.165) is 5.69 Å². The van der Waals surface area contributed by atoms with Crippen molar-refractivity contribution in [2.24, 2.45) is 0 Å². The Hall–Kier alpha value is -3.50. The summed E-state index contributed by atoms with van der Waals surface area (Å²) >= 11 is 0. The van der Waals surface area contributed by atoms with Crippen LogP contribution in [0.3, 0.4) is 0 Å². The first-order valence-corrected chi connectivity index (χ1v) is 12.1. The third kappa shape index (κ3) is 5.12. The number of carbonyl (C=O) groups is 2. The summed E-state index contributed by atoms with van der Waals surface area (Å²) in [7, 11) is -3.70. The van der Waals surface area contributed by atoms with Gasteiger partial charge in [0.25, 0.3) is 10.1 Å². The second kappa shape index (κ2) is 9.16. The summed E-state index contributed by atoms with van der Waals surface area (Å²) in [6.07, 6.45) is 1.00. The molecule has 33 heavy (non-hydrogen) atoms. The summed E-state index contributed by atoms with van der Waals surface area (Å²) in [6, 6.07) is 12.9. The normalized spacial score (nSPS) is 15.7. The molecule has 4 rings (SSSR count). The maximum absolute atomic E-state index is 13.1. The van der Waals surface area contributed by atoms with Crippen molar-refractivity contribution in [3.05, 3.63) is 59.9 Å². The van der Waals surface area contributed by atoms with Gasteiger partial charge < -0.3 is 15.6 Å². The molecule has 0 radical (unpaired) electrons. The SMILES string of the molecule is CCS(=O)(=O)OC1CC(=O)c2c([nH]c(-c3ccnc(NC(C)=O)c3)c2Nc2ccccc2)C1. The number of benzene rings is 1. The number of aromatic nitrogens is 2. The molecule has 0 saturated carbocycles. The quantitative estimate of drug-likeness (QED) is 0.451. The number of nitrogens with zero attached hydrogens (tertiary/aromatic N) is 1. The first-order valence-electron chi connectivity index (χ1n) is 10.5. The van der Waals surface area contributed by atoms with Crippen LogP contribution in [0.25, 0.3) is 11.3 Å². The molecule has 0 saturated heterocycles. The average Bonchev–Trinajstić information content (AvgIpc) is 3.12. The molecule has 0 fully saturated rings. The minimum Gasteiger partial charge on any atom is -0.356 e. The molecule has 172 valence electrons. The van der Waals surface area contributed by atoms with Crippen LogP contribution in [0.4, 0.5) is 17.2 Å². The fraction of sp³-hybridized carbons (Fsp3) is 0.261. The minimum absolute atomic E-state index is 0.0412. The highest BCUT2D eigenvalue weighted by atomic mass is 32.2. The fourth-order valence-electron chi connectivity index (χ4n) is 3.81. The number of ketones is 1. The van der Waals surface area contributed by atoms with Crippen molar-refractivity contribution in [1.82, 2.24) is 9.97 Å². The monoisotopic (exact) mass is 468 g/mol. The Morgan fingerprint density at radius 3 is 2.67 bits per heavy atom. The van der Waals surface area contributed by atoms with Gasteiger partial charge in [-0.3, -0.25) is 13.8 Å². The molecular weight excluding hydrogens is 444 g/mol. The summed E-state index contributed by atoms with van der Waals surface area (Å²) in [4.78, 5) is 32.0. The van der Waals surface area contributed by atoms with E-state index in [-0.39, 0.29) is 30.3 Å². The Morgan fingerprint density at radius 1 is 1.21 bits per heavy atom. The number of Topliss-reactive ketones (excluding diaryl/α,β-unsaturated/α-hetero) is 1. The number of anilines is 3. The van der Waals surface area contributed by atoms with Crippen LogP contribution in [0.2, 0.25) is 0 Å². The van der Waals surface area contributed by atoms with Crippen molar-refractivity contribution in [3.8, 4) is 11.3 Å². The number of nitrogens with one attached hydrogen (secondary N) is 3. The smallest absolute Gasteiger partial charge is 0.267 e. The molecule has 9 nitrogen and oxygen atoms in total. The topological polar surface area (TPSA) is 130 Å². The fourth-order valence-corrected chi connectivity index (χ4v) is 4.49. The Labute approximate surface area is 191 Å². The molecule has 1 aliphatic carbocycles. The van der Waals surface area contributed by atoms with E-state index in [0.29, 0.717) is 34.0 Å². The van der Waals surface area contributed by atoms with E-state index in [1.54, 1.807) is 18.3 Å². The van der Waals surface area contributed by atoms with E-state index in [1.165, 1.54) is 13.8 Å². The van der Waals surface area contributed by atoms with Crippen LogP contribution in [-0.2, 0) is 25.5 Å². The molecule has 0 bridgehead atoms. The lowest BCUT2D eigenvalue weighted by molar-refractivity contribution is -0.114. The van der Waals surface area contributed by atoms with Crippen molar-refractivity contribution >= 4 is 39.0 Å². The van der Waals surface area contributed by atoms with E-state index in [4.69, 9.17) is 4.18 Å². The molecular formula is C23H24N4O5S. The van der Waals surface area contributed by atoms with Crippen LogP contribution >= 0.6 is 0 Å². The van der Waals surface area contributed by atoms with Crippen LogP contribution < -0.4 is 10.6 Å². The average molecular weight is 469 g/mol. The minimum atomic E-state index is -3.70. The van der Waals surface area contributed by atoms with Gasteiger partial charge in [0, 0.05) is 42.9 Å². The van der Waals surface area contributed by atoms with E-state index in [1.807, 2.05) is 30.3 Å². The zero-order valence-electron chi connectivity index (χ0n) is 18.2. The van der Waals surface area contributed by atoms with Crippen molar-refractivity contribution in [2.75, 3.05) is 16.4 Å². The number of hydrogen-bond acceptors (Lipinski definition) is 7. The van der Waals surface area contributed by atoms with Gasteiger partial charge in [-0.25, -0.2) is 4.98 Å². The molecule has 0 spiro atoms. The number of H-pyrrole nitrogens is 1. The highest BCUT2D eigenvalue weighted by Gasteiger charge is 2.34. The molecule has 3 N–H and O–H groups in total. The predicted octanol–water partition coefficient (Wildman–Crippen LogP) is 3.64. The first kappa shape index (κ1) is 22.7. The lowest BCUT2D eigenvalue weighted by Crippen LogP contribution is -2.29. The number of carbonyl (C=O) groups excluding carboxylic acids is 2. The number of pyridine rings is 1. The van der Waals surface area contributed by atoms with Gasteiger partial charge in [0.05, 0.1) is 28.8 Å². The van der Waals surface area contributed by atoms with Crippen LogP contribution in [0, 0.1) is 0 Å².